The van der Waals surface area contributed by atoms with Crippen LogP contribution in [0.4, 0.5) is 5.82 Å². The Bertz CT molecular complexity index is 1530. The van der Waals surface area contributed by atoms with E-state index in [0.717, 1.165) is 34.7 Å². The van der Waals surface area contributed by atoms with E-state index in [0.29, 0.717) is 29.7 Å². The Morgan fingerprint density at radius 2 is 1.87 bits per heavy atom. The average molecular weight is 532 g/mol. The number of ketones is 1. The summed E-state index contributed by atoms with van der Waals surface area (Å²) in [6.45, 7) is 4.56. The molecule has 3 N–H and O–H groups in total. The van der Waals surface area contributed by atoms with Gasteiger partial charge in [-0.05, 0) is 52.5 Å². The summed E-state index contributed by atoms with van der Waals surface area (Å²) in [5.74, 6) is -0.193. The van der Waals surface area contributed by atoms with Gasteiger partial charge in [0.2, 0.25) is 0 Å². The molecule has 4 aromatic heterocycles. The lowest BCUT2D eigenvalue weighted by Gasteiger charge is -2.41. The van der Waals surface area contributed by atoms with Crippen LogP contribution in [0.25, 0.3) is 27.5 Å². The molecular formula is C27H29N7O3S. The number of anilines is 1. The lowest BCUT2D eigenvalue weighted by atomic mass is 9.84. The molecule has 0 aromatic carbocycles. The summed E-state index contributed by atoms with van der Waals surface area (Å²) in [6, 6.07) is 3.85. The number of nitrogens with two attached hydrogens (primary N) is 1. The third kappa shape index (κ3) is 3.97. The Hall–Kier alpha value is -3.70. The number of aromatic nitrogens is 5. The van der Waals surface area contributed by atoms with E-state index in [-0.39, 0.29) is 35.5 Å². The van der Waals surface area contributed by atoms with Crippen molar-refractivity contribution in [3.63, 3.8) is 0 Å². The summed E-state index contributed by atoms with van der Waals surface area (Å²) >= 11 is 1.53. The van der Waals surface area contributed by atoms with Gasteiger partial charge >= 0.3 is 0 Å². The highest BCUT2D eigenvalue weighted by atomic mass is 32.1. The molecule has 2 atom stereocenters. The molecule has 196 valence electrons. The number of nitrogens with zero attached hydrogens (tertiary/aromatic N) is 6. The van der Waals surface area contributed by atoms with Crippen LogP contribution in [-0.4, -0.2) is 63.9 Å². The van der Waals surface area contributed by atoms with Crippen molar-refractivity contribution in [1.82, 2.24) is 29.5 Å². The molecule has 0 spiro atoms. The number of carbonyl (C=O) groups is 2. The summed E-state index contributed by atoms with van der Waals surface area (Å²) in [4.78, 5) is 41.5. The smallest absolute Gasteiger partial charge is 0.254 e. The zero-order chi connectivity index (χ0) is 26.8. The van der Waals surface area contributed by atoms with Crippen molar-refractivity contribution >= 4 is 34.5 Å². The second-order valence-corrected chi connectivity index (χ2v) is 11.6. The molecule has 6 heterocycles. The van der Waals surface area contributed by atoms with Gasteiger partial charge in [-0.15, -0.1) is 11.3 Å². The fraction of sp³-hybridized carbons (Fsp3) is 0.407. The van der Waals surface area contributed by atoms with Crippen LogP contribution in [0.5, 0.6) is 0 Å². The highest BCUT2D eigenvalue weighted by Gasteiger charge is 2.47. The first kappa shape index (κ1) is 24.6. The number of hydrogen-bond acceptors (Lipinski definition) is 9. The van der Waals surface area contributed by atoms with Crippen LogP contribution >= 0.6 is 11.3 Å². The van der Waals surface area contributed by atoms with E-state index in [9.17, 15) is 14.7 Å². The van der Waals surface area contributed by atoms with Crippen molar-refractivity contribution in [1.29, 1.82) is 0 Å². The second kappa shape index (κ2) is 8.95. The van der Waals surface area contributed by atoms with Crippen molar-refractivity contribution in [2.75, 3.05) is 5.73 Å². The number of hydrogen-bond donors (Lipinski definition) is 2. The summed E-state index contributed by atoms with van der Waals surface area (Å²) in [6.07, 6.45) is 8.27. The second-order valence-electron chi connectivity index (χ2n) is 10.7. The molecule has 6 rings (SSSR count). The third-order valence-corrected chi connectivity index (χ3v) is 8.46. The average Bonchev–Trinajstić information content (AvgIpc) is 3.61. The molecule has 2 aliphatic rings. The van der Waals surface area contributed by atoms with Gasteiger partial charge in [0.1, 0.15) is 16.4 Å². The van der Waals surface area contributed by atoms with Crippen LogP contribution in [-0.2, 0) is 4.79 Å². The minimum atomic E-state index is -1.42. The van der Waals surface area contributed by atoms with Gasteiger partial charge in [0.15, 0.2) is 11.4 Å². The molecule has 1 amide bonds. The van der Waals surface area contributed by atoms with Crippen LogP contribution < -0.4 is 5.73 Å². The van der Waals surface area contributed by atoms with Crippen LogP contribution in [0.15, 0.2) is 36.1 Å². The van der Waals surface area contributed by atoms with Gasteiger partial charge in [0.05, 0.1) is 23.1 Å². The lowest BCUT2D eigenvalue weighted by Crippen LogP contribution is -2.53. The maximum atomic E-state index is 13.0. The molecule has 2 bridgehead atoms. The Morgan fingerprint density at radius 3 is 2.45 bits per heavy atom. The Labute approximate surface area is 223 Å². The van der Waals surface area contributed by atoms with E-state index in [4.69, 9.17) is 10.7 Å². The maximum absolute atomic E-state index is 13.0. The van der Waals surface area contributed by atoms with Gasteiger partial charge in [-0.3, -0.25) is 14.6 Å². The molecule has 2 aliphatic heterocycles. The van der Waals surface area contributed by atoms with Crippen LogP contribution in [0.1, 0.15) is 68.4 Å². The largest absolute Gasteiger partial charge is 0.383 e. The van der Waals surface area contributed by atoms with Crippen molar-refractivity contribution in [3.05, 3.63) is 47.4 Å². The number of rotatable bonds is 5. The zero-order valence-electron chi connectivity index (χ0n) is 21.5. The maximum Gasteiger partial charge on any atom is 0.254 e. The summed E-state index contributed by atoms with van der Waals surface area (Å²) in [7, 11) is 0. The first-order valence-electron chi connectivity index (χ1n) is 12.7. The summed E-state index contributed by atoms with van der Waals surface area (Å²) < 4.78 is 1.52. The van der Waals surface area contributed by atoms with Crippen molar-refractivity contribution in [2.24, 2.45) is 0 Å². The highest BCUT2D eigenvalue weighted by molar-refractivity contribution is 7.13. The molecule has 2 unspecified atom stereocenters. The number of piperidine rings is 1. The van der Waals surface area contributed by atoms with E-state index in [2.05, 4.69) is 15.1 Å². The lowest BCUT2D eigenvalue weighted by molar-refractivity contribution is -0.152. The molecule has 0 aliphatic carbocycles. The third-order valence-electron chi connectivity index (χ3n) is 7.67. The van der Waals surface area contributed by atoms with Gasteiger partial charge in [-0.2, -0.15) is 9.61 Å². The number of nitrogen functional groups attached to an aromatic ring is 1. The number of carbonyl (C=O) groups excluding carboxylic acids is 2. The standard InChI is InChI=1S/C27H29N7O3S/c1-14(35)21-22(16-10-17-5-6-18(11-16)33(17)26(36)27(2,3)37)32-24-19(13-31-34(24)23(21)28)15-4-7-20(30-12-15)25-29-8-9-38-25/h4,7-9,12-13,16-18,37H,5-6,10-11,28H2,1-3H3. The minimum Gasteiger partial charge on any atom is -0.383 e. The van der Waals surface area contributed by atoms with E-state index in [1.54, 1.807) is 18.6 Å². The number of Topliss-reactive ketones (excluding diaryl/α,β-unsaturated/α-hetero) is 1. The predicted octanol–water partition coefficient (Wildman–Crippen LogP) is 3.71. The van der Waals surface area contributed by atoms with E-state index < -0.39 is 5.60 Å². The van der Waals surface area contributed by atoms with Gasteiger partial charge in [0, 0.05) is 46.9 Å². The van der Waals surface area contributed by atoms with Gasteiger partial charge in [-0.25, -0.2) is 9.97 Å². The van der Waals surface area contributed by atoms with Crippen LogP contribution in [0, 0.1) is 0 Å². The monoisotopic (exact) mass is 531 g/mol. The number of pyridine rings is 1. The Kier molecular flexibility index (Phi) is 5.80. The van der Waals surface area contributed by atoms with Crippen LogP contribution in [0.2, 0.25) is 0 Å². The zero-order valence-corrected chi connectivity index (χ0v) is 22.3. The normalized spacial score (nSPS) is 21.3. The fourth-order valence-corrected chi connectivity index (χ4v) is 6.58. The molecule has 2 saturated heterocycles. The quantitative estimate of drug-likeness (QED) is 0.372. The van der Waals surface area contributed by atoms with E-state index in [1.807, 2.05) is 22.4 Å². The number of thiazole rings is 1. The molecule has 11 heteroatoms. The fourth-order valence-electron chi connectivity index (χ4n) is 5.97. The molecule has 4 aromatic rings. The molecule has 0 radical (unpaired) electrons. The van der Waals surface area contributed by atoms with E-state index >= 15 is 0 Å². The SMILES string of the molecule is CC(=O)c1c(C2CC3CCC(C2)N3C(=O)C(C)(C)O)nc2c(-c3ccc(-c4nccs4)nc3)cnn2c1N. The highest BCUT2D eigenvalue weighted by Crippen LogP contribution is 2.45. The van der Waals surface area contributed by atoms with E-state index in [1.165, 1.54) is 36.6 Å². The number of aliphatic hydroxyl groups is 1. The van der Waals surface area contributed by atoms with Crippen molar-refractivity contribution < 1.29 is 14.7 Å². The first-order chi connectivity index (χ1) is 18.1. The van der Waals surface area contributed by atoms with Gasteiger partial charge in [0.25, 0.3) is 5.91 Å². The molecule has 38 heavy (non-hydrogen) atoms. The molecule has 0 saturated carbocycles. The molecule has 10 nitrogen and oxygen atoms in total. The summed E-state index contributed by atoms with van der Waals surface area (Å²) in [5, 5.41) is 17.6. The van der Waals surface area contributed by atoms with Gasteiger partial charge in [-0.1, -0.05) is 6.07 Å². The minimum absolute atomic E-state index is 0.0104. The number of fused-ring (bicyclic) bond motifs is 3. The molecular weight excluding hydrogens is 502 g/mol. The van der Waals surface area contributed by atoms with Crippen molar-refractivity contribution in [2.45, 2.75) is 70.1 Å². The predicted molar refractivity (Wildman–Crippen MR) is 144 cm³/mol. The Balaban J connectivity index is 1.40. The number of amides is 1. The first-order valence-corrected chi connectivity index (χ1v) is 13.6. The van der Waals surface area contributed by atoms with Gasteiger partial charge < -0.3 is 15.7 Å². The molecule has 2 fully saturated rings. The Morgan fingerprint density at radius 1 is 1.13 bits per heavy atom. The van der Waals surface area contributed by atoms with Crippen molar-refractivity contribution in [3.8, 4) is 21.8 Å². The van der Waals surface area contributed by atoms with Crippen LogP contribution in [0.3, 0.4) is 0 Å². The topological polar surface area (TPSA) is 140 Å². The summed E-state index contributed by atoms with van der Waals surface area (Å²) in [5.41, 5.74) is 9.12.